The highest BCUT2D eigenvalue weighted by Gasteiger charge is 2.59. The average molecular weight is 195 g/mol. The monoisotopic (exact) mass is 195 g/mol. The van der Waals surface area contributed by atoms with E-state index in [9.17, 15) is 0 Å². The van der Waals surface area contributed by atoms with Gasteiger partial charge in [-0.05, 0) is 50.5 Å². The van der Waals surface area contributed by atoms with Gasteiger partial charge in [-0.1, -0.05) is 20.3 Å². The molecule has 1 heterocycles. The van der Waals surface area contributed by atoms with Gasteiger partial charge in [-0.25, -0.2) is 0 Å². The summed E-state index contributed by atoms with van der Waals surface area (Å²) in [6.07, 6.45) is 4.36. The maximum absolute atomic E-state index is 2.70. The minimum atomic E-state index is 0.709. The summed E-state index contributed by atoms with van der Waals surface area (Å²) >= 11 is 0. The zero-order valence-corrected chi connectivity index (χ0v) is 10.2. The summed E-state index contributed by atoms with van der Waals surface area (Å²) in [4.78, 5) is 2.70. The molecule has 1 nitrogen and oxygen atoms in total. The molecule has 0 bridgehead atoms. The van der Waals surface area contributed by atoms with Crippen molar-refractivity contribution in [3.63, 3.8) is 0 Å². The molecule has 1 aliphatic carbocycles. The van der Waals surface area contributed by atoms with Gasteiger partial charge < -0.3 is 4.90 Å². The van der Waals surface area contributed by atoms with Crippen molar-refractivity contribution >= 4 is 0 Å². The van der Waals surface area contributed by atoms with Crippen LogP contribution in [0.2, 0.25) is 0 Å². The molecule has 0 amide bonds. The highest BCUT2D eigenvalue weighted by molar-refractivity contribution is 5.08. The second-order valence-corrected chi connectivity index (χ2v) is 5.83. The maximum atomic E-state index is 2.70. The molecule has 1 saturated carbocycles. The molecular formula is C13H25N. The third-order valence-corrected chi connectivity index (χ3v) is 5.02. The minimum Gasteiger partial charge on any atom is -0.300 e. The molecule has 1 spiro atoms. The van der Waals surface area contributed by atoms with Crippen LogP contribution < -0.4 is 0 Å². The van der Waals surface area contributed by atoms with Gasteiger partial charge in [0.05, 0.1) is 0 Å². The maximum Gasteiger partial charge on any atom is 0.00460 e. The summed E-state index contributed by atoms with van der Waals surface area (Å²) in [6, 6.07) is 0.741. The van der Waals surface area contributed by atoms with Gasteiger partial charge in [0, 0.05) is 12.6 Å². The fourth-order valence-electron chi connectivity index (χ4n) is 3.44. The predicted molar refractivity (Wildman–Crippen MR) is 61.3 cm³/mol. The summed E-state index contributed by atoms with van der Waals surface area (Å²) in [6.45, 7) is 12.3. The van der Waals surface area contributed by atoms with E-state index in [1.807, 2.05) is 0 Å². The van der Waals surface area contributed by atoms with E-state index in [2.05, 4.69) is 32.6 Å². The van der Waals surface area contributed by atoms with Crippen molar-refractivity contribution in [2.24, 2.45) is 17.3 Å². The molecule has 1 aliphatic heterocycles. The predicted octanol–water partition coefficient (Wildman–Crippen LogP) is 3.15. The Morgan fingerprint density at radius 2 is 1.79 bits per heavy atom. The van der Waals surface area contributed by atoms with Crippen molar-refractivity contribution in [1.29, 1.82) is 0 Å². The standard InChI is InChI=1S/C13H25N/c1-10(2)14-8-6-5-7-13(9-14)11(3)12(13)4/h10-12H,5-9H2,1-4H3. The van der Waals surface area contributed by atoms with Gasteiger partial charge in [0.25, 0.3) is 0 Å². The first-order chi connectivity index (χ1) is 6.58. The van der Waals surface area contributed by atoms with Crippen LogP contribution in [0.25, 0.3) is 0 Å². The van der Waals surface area contributed by atoms with Crippen molar-refractivity contribution < 1.29 is 0 Å². The van der Waals surface area contributed by atoms with Crippen LogP contribution in [0.4, 0.5) is 0 Å². The highest BCUT2D eigenvalue weighted by atomic mass is 15.2. The van der Waals surface area contributed by atoms with Gasteiger partial charge in [-0.2, -0.15) is 0 Å². The molecule has 0 aromatic heterocycles. The summed E-state index contributed by atoms with van der Waals surface area (Å²) < 4.78 is 0. The molecule has 0 radical (unpaired) electrons. The summed E-state index contributed by atoms with van der Waals surface area (Å²) in [5, 5.41) is 0. The lowest BCUT2D eigenvalue weighted by Gasteiger charge is -2.28. The van der Waals surface area contributed by atoms with E-state index in [-0.39, 0.29) is 0 Å². The van der Waals surface area contributed by atoms with Crippen LogP contribution in [0.5, 0.6) is 0 Å². The topological polar surface area (TPSA) is 3.24 Å². The Labute approximate surface area is 88.9 Å². The smallest absolute Gasteiger partial charge is 0.00460 e. The van der Waals surface area contributed by atoms with E-state index in [1.165, 1.54) is 32.4 Å². The molecule has 2 unspecified atom stereocenters. The van der Waals surface area contributed by atoms with Crippen LogP contribution >= 0.6 is 0 Å². The lowest BCUT2D eigenvalue weighted by Crippen LogP contribution is -2.36. The summed E-state index contributed by atoms with van der Waals surface area (Å²) in [5.41, 5.74) is 0.709. The fraction of sp³-hybridized carbons (Fsp3) is 1.00. The summed E-state index contributed by atoms with van der Waals surface area (Å²) in [5.74, 6) is 1.95. The first kappa shape index (κ1) is 10.5. The SMILES string of the molecule is CC(C)N1CCCCC2(C1)C(C)C2C. The Morgan fingerprint density at radius 3 is 2.29 bits per heavy atom. The lowest BCUT2D eigenvalue weighted by molar-refractivity contribution is 0.182. The fourth-order valence-corrected chi connectivity index (χ4v) is 3.44. The number of likely N-dealkylation sites (tertiary alicyclic amines) is 1. The van der Waals surface area contributed by atoms with Gasteiger partial charge in [-0.3, -0.25) is 0 Å². The van der Waals surface area contributed by atoms with Gasteiger partial charge in [0.1, 0.15) is 0 Å². The molecule has 0 aromatic rings. The van der Waals surface area contributed by atoms with E-state index < -0.39 is 0 Å². The van der Waals surface area contributed by atoms with E-state index in [0.717, 1.165) is 17.9 Å². The molecule has 2 atom stereocenters. The molecule has 0 aromatic carbocycles. The second kappa shape index (κ2) is 3.52. The largest absolute Gasteiger partial charge is 0.300 e. The first-order valence-corrected chi connectivity index (χ1v) is 6.32. The van der Waals surface area contributed by atoms with Crippen molar-refractivity contribution in [3.05, 3.63) is 0 Å². The molecule has 82 valence electrons. The normalized spacial score (nSPS) is 44.4. The van der Waals surface area contributed by atoms with E-state index in [4.69, 9.17) is 0 Å². The molecule has 0 N–H and O–H groups in total. The highest BCUT2D eigenvalue weighted by Crippen LogP contribution is 2.62. The Morgan fingerprint density at radius 1 is 1.14 bits per heavy atom. The summed E-state index contributed by atoms with van der Waals surface area (Å²) in [7, 11) is 0. The quantitative estimate of drug-likeness (QED) is 0.621. The van der Waals surface area contributed by atoms with Crippen LogP contribution in [0.15, 0.2) is 0 Å². The molecule has 1 heteroatoms. The molecule has 2 rings (SSSR count). The van der Waals surface area contributed by atoms with Gasteiger partial charge in [-0.15, -0.1) is 0 Å². The minimum absolute atomic E-state index is 0.709. The van der Waals surface area contributed by atoms with E-state index >= 15 is 0 Å². The van der Waals surface area contributed by atoms with E-state index in [0.29, 0.717) is 5.41 Å². The average Bonchev–Trinajstić information content (AvgIpc) is 2.75. The number of nitrogens with zero attached hydrogens (tertiary/aromatic N) is 1. The third-order valence-electron chi connectivity index (χ3n) is 5.02. The zero-order valence-electron chi connectivity index (χ0n) is 10.2. The Hall–Kier alpha value is -0.0400. The number of hydrogen-bond donors (Lipinski definition) is 0. The van der Waals surface area contributed by atoms with Gasteiger partial charge in [0.2, 0.25) is 0 Å². The lowest BCUT2D eigenvalue weighted by atomic mass is 9.95. The Kier molecular flexibility index (Phi) is 2.63. The molecular weight excluding hydrogens is 170 g/mol. The van der Waals surface area contributed by atoms with E-state index in [1.54, 1.807) is 0 Å². The second-order valence-electron chi connectivity index (χ2n) is 5.83. The van der Waals surface area contributed by atoms with Crippen LogP contribution in [-0.4, -0.2) is 24.0 Å². The van der Waals surface area contributed by atoms with Crippen LogP contribution in [0.1, 0.15) is 47.0 Å². The van der Waals surface area contributed by atoms with Crippen molar-refractivity contribution in [2.45, 2.75) is 53.0 Å². The zero-order chi connectivity index (χ0) is 10.3. The van der Waals surface area contributed by atoms with Crippen LogP contribution in [0, 0.1) is 17.3 Å². The number of hydrogen-bond acceptors (Lipinski definition) is 1. The van der Waals surface area contributed by atoms with Crippen molar-refractivity contribution in [2.75, 3.05) is 13.1 Å². The number of rotatable bonds is 1. The Bertz CT molecular complexity index is 201. The third kappa shape index (κ3) is 1.50. The van der Waals surface area contributed by atoms with Gasteiger partial charge >= 0.3 is 0 Å². The first-order valence-electron chi connectivity index (χ1n) is 6.32. The Balaban J connectivity index is 2.06. The molecule has 14 heavy (non-hydrogen) atoms. The van der Waals surface area contributed by atoms with Crippen LogP contribution in [0.3, 0.4) is 0 Å². The molecule has 2 aliphatic rings. The van der Waals surface area contributed by atoms with Crippen molar-refractivity contribution in [3.8, 4) is 0 Å². The van der Waals surface area contributed by atoms with Crippen molar-refractivity contribution in [1.82, 2.24) is 4.90 Å². The van der Waals surface area contributed by atoms with Crippen LogP contribution in [-0.2, 0) is 0 Å². The molecule has 2 fully saturated rings. The molecule has 1 saturated heterocycles. The van der Waals surface area contributed by atoms with Gasteiger partial charge in [0.15, 0.2) is 0 Å².